The second-order valence-corrected chi connectivity index (χ2v) is 7.21. The number of halogens is 3. The number of nitrogens with one attached hydrogen (secondary N) is 1. The summed E-state index contributed by atoms with van der Waals surface area (Å²) >= 11 is 0. The number of benzene rings is 3. The lowest BCUT2D eigenvalue weighted by molar-refractivity contribution is -0.137. The van der Waals surface area contributed by atoms with E-state index in [1.807, 2.05) is 54.6 Å². The molecular weight excluding hydrogens is 401 g/mol. The molecule has 0 atom stereocenters. The van der Waals surface area contributed by atoms with Crippen LogP contribution >= 0.6 is 0 Å². The maximum atomic E-state index is 12.9. The van der Waals surface area contributed by atoms with Crippen molar-refractivity contribution in [2.24, 2.45) is 0 Å². The maximum Gasteiger partial charge on any atom is 0.416 e. The van der Waals surface area contributed by atoms with E-state index in [0.717, 1.165) is 51.2 Å². The molecule has 0 bridgehead atoms. The minimum atomic E-state index is -4.35. The Morgan fingerprint density at radius 2 is 1.65 bits per heavy atom. The van der Waals surface area contributed by atoms with Crippen LogP contribution in [0.4, 0.5) is 13.2 Å². The summed E-state index contributed by atoms with van der Waals surface area (Å²) < 4.78 is 44.1. The van der Waals surface area contributed by atoms with Gasteiger partial charge in [-0.1, -0.05) is 42.5 Å². The number of nitrogens with zero attached hydrogens (tertiary/aromatic N) is 1. The lowest BCUT2D eigenvalue weighted by Crippen LogP contribution is -2.14. The van der Waals surface area contributed by atoms with E-state index in [1.165, 1.54) is 12.1 Å². The van der Waals surface area contributed by atoms with Crippen LogP contribution in [0.1, 0.15) is 16.8 Å². The minimum Gasteiger partial charge on any atom is -0.497 e. The predicted octanol–water partition coefficient (Wildman–Crippen LogP) is 6.22. The van der Waals surface area contributed by atoms with Gasteiger partial charge in [0, 0.05) is 18.5 Å². The third-order valence-electron chi connectivity index (χ3n) is 5.06. The van der Waals surface area contributed by atoms with Crippen molar-refractivity contribution in [3.05, 3.63) is 95.7 Å². The average molecular weight is 422 g/mol. The molecule has 4 aromatic rings. The molecule has 0 amide bonds. The number of alkyl halides is 3. The number of hydrogen-bond acceptors (Lipinski definition) is 3. The first kappa shape index (κ1) is 20.9. The molecule has 6 heteroatoms. The van der Waals surface area contributed by atoms with Crippen LogP contribution in [-0.2, 0) is 19.3 Å². The second kappa shape index (κ2) is 8.78. The van der Waals surface area contributed by atoms with Gasteiger partial charge in [0.1, 0.15) is 5.75 Å². The Hall–Kier alpha value is -3.38. The number of ether oxygens (including phenoxy) is 1. The number of hydrogen-bond donors (Lipinski definition) is 1. The predicted molar refractivity (Wildman–Crippen MR) is 116 cm³/mol. The zero-order valence-corrected chi connectivity index (χ0v) is 16.9. The molecule has 1 aromatic heterocycles. The number of methoxy groups -OCH3 is 1. The average Bonchev–Trinajstić information content (AvgIpc) is 2.78. The van der Waals surface area contributed by atoms with Crippen molar-refractivity contribution in [2.45, 2.75) is 19.3 Å². The van der Waals surface area contributed by atoms with E-state index in [9.17, 15) is 13.2 Å². The molecule has 0 saturated carbocycles. The van der Waals surface area contributed by atoms with E-state index >= 15 is 0 Å². The second-order valence-electron chi connectivity index (χ2n) is 7.21. The highest BCUT2D eigenvalue weighted by Gasteiger charge is 2.30. The third kappa shape index (κ3) is 4.86. The van der Waals surface area contributed by atoms with Gasteiger partial charge in [0.05, 0.1) is 23.9 Å². The van der Waals surface area contributed by atoms with E-state index < -0.39 is 11.7 Å². The fourth-order valence-corrected chi connectivity index (χ4v) is 3.52. The van der Waals surface area contributed by atoms with Crippen LogP contribution in [0.3, 0.4) is 0 Å². The summed E-state index contributed by atoms with van der Waals surface area (Å²) in [7, 11) is 1.63. The maximum absolute atomic E-state index is 12.9. The first-order valence-corrected chi connectivity index (χ1v) is 9.84. The van der Waals surface area contributed by atoms with E-state index in [-0.39, 0.29) is 0 Å². The molecule has 0 aliphatic heterocycles. The number of rotatable bonds is 6. The molecule has 4 rings (SSSR count). The first-order chi connectivity index (χ1) is 14.9. The van der Waals surface area contributed by atoms with Gasteiger partial charge in [-0.05, 0) is 53.1 Å². The van der Waals surface area contributed by atoms with Gasteiger partial charge in [0.2, 0.25) is 0 Å². The molecular formula is C25H21F3N2O. The van der Waals surface area contributed by atoms with Gasteiger partial charge >= 0.3 is 6.18 Å². The van der Waals surface area contributed by atoms with Gasteiger partial charge in [-0.2, -0.15) is 13.2 Å². The van der Waals surface area contributed by atoms with Gasteiger partial charge < -0.3 is 10.1 Å². The molecule has 1 heterocycles. The molecule has 0 aliphatic carbocycles. The summed E-state index contributed by atoms with van der Waals surface area (Å²) in [5.41, 5.74) is 3.63. The van der Waals surface area contributed by atoms with Crippen LogP contribution in [0.25, 0.3) is 22.0 Å². The Morgan fingerprint density at radius 3 is 2.39 bits per heavy atom. The normalized spacial score (nSPS) is 11.6. The fourth-order valence-electron chi connectivity index (χ4n) is 3.52. The van der Waals surface area contributed by atoms with Gasteiger partial charge in [0.15, 0.2) is 0 Å². The van der Waals surface area contributed by atoms with Crippen molar-refractivity contribution < 1.29 is 17.9 Å². The van der Waals surface area contributed by atoms with Gasteiger partial charge in [-0.3, -0.25) is 4.98 Å². The quantitative estimate of drug-likeness (QED) is 0.401. The molecule has 31 heavy (non-hydrogen) atoms. The molecule has 0 saturated heterocycles. The Labute approximate surface area is 178 Å². The molecule has 158 valence electrons. The monoisotopic (exact) mass is 422 g/mol. The smallest absolute Gasteiger partial charge is 0.416 e. The van der Waals surface area contributed by atoms with Crippen LogP contribution in [0.5, 0.6) is 5.75 Å². The molecule has 3 nitrogen and oxygen atoms in total. The van der Waals surface area contributed by atoms with E-state index in [0.29, 0.717) is 13.1 Å². The summed E-state index contributed by atoms with van der Waals surface area (Å²) in [6.45, 7) is 1.16. The van der Waals surface area contributed by atoms with Crippen molar-refractivity contribution in [2.75, 3.05) is 7.11 Å². The number of pyridine rings is 1. The third-order valence-corrected chi connectivity index (χ3v) is 5.06. The fraction of sp³-hybridized carbons (Fsp3) is 0.160. The number of fused-ring (bicyclic) bond motifs is 1. The lowest BCUT2D eigenvalue weighted by Gasteiger charge is -2.12. The highest BCUT2D eigenvalue weighted by Crippen LogP contribution is 2.33. The van der Waals surface area contributed by atoms with E-state index in [1.54, 1.807) is 7.11 Å². The Balaban J connectivity index is 1.60. The van der Waals surface area contributed by atoms with Crippen molar-refractivity contribution >= 4 is 10.9 Å². The van der Waals surface area contributed by atoms with E-state index in [2.05, 4.69) is 5.32 Å². The Morgan fingerprint density at radius 1 is 0.871 bits per heavy atom. The number of para-hydroxylation sites is 1. The van der Waals surface area contributed by atoms with Gasteiger partial charge in [-0.15, -0.1) is 0 Å². The highest BCUT2D eigenvalue weighted by molar-refractivity contribution is 5.94. The van der Waals surface area contributed by atoms with Gasteiger partial charge in [-0.25, -0.2) is 0 Å². The lowest BCUT2D eigenvalue weighted by atomic mass is 9.99. The van der Waals surface area contributed by atoms with Crippen LogP contribution in [-0.4, -0.2) is 12.1 Å². The van der Waals surface area contributed by atoms with Crippen molar-refractivity contribution in [1.82, 2.24) is 10.3 Å². The van der Waals surface area contributed by atoms with Crippen molar-refractivity contribution in [3.63, 3.8) is 0 Å². The number of aromatic nitrogens is 1. The van der Waals surface area contributed by atoms with Crippen molar-refractivity contribution in [1.29, 1.82) is 0 Å². The van der Waals surface area contributed by atoms with Crippen LogP contribution < -0.4 is 10.1 Å². The molecule has 1 N–H and O–H groups in total. The molecule has 3 aromatic carbocycles. The summed E-state index contributed by atoms with van der Waals surface area (Å²) in [6.07, 6.45) is -4.35. The topological polar surface area (TPSA) is 34.1 Å². The first-order valence-electron chi connectivity index (χ1n) is 9.84. The Kier molecular flexibility index (Phi) is 5.91. The minimum absolute atomic E-state index is 0.523. The summed E-state index contributed by atoms with van der Waals surface area (Å²) in [6, 6.07) is 22.6. The van der Waals surface area contributed by atoms with Crippen LogP contribution in [0.2, 0.25) is 0 Å². The summed E-state index contributed by atoms with van der Waals surface area (Å²) in [5, 5.41) is 4.28. The SMILES string of the molecule is COc1cccc(CNCc2cc(-c3ccc(C(F)(F)F)cc3)c3ccccc3n2)c1. The van der Waals surface area contributed by atoms with Crippen LogP contribution in [0, 0.1) is 0 Å². The van der Waals surface area contributed by atoms with Crippen molar-refractivity contribution in [3.8, 4) is 16.9 Å². The zero-order chi connectivity index (χ0) is 21.8. The molecule has 0 fully saturated rings. The summed E-state index contributed by atoms with van der Waals surface area (Å²) in [5.74, 6) is 0.799. The molecule has 0 radical (unpaired) electrons. The molecule has 0 spiro atoms. The van der Waals surface area contributed by atoms with E-state index in [4.69, 9.17) is 9.72 Å². The standard InChI is InChI=1S/C25H21F3N2O/c1-31-21-6-4-5-17(13-21)15-29-16-20-14-23(22-7-2-3-8-24(22)30-20)18-9-11-19(12-10-18)25(26,27)28/h2-14,29H,15-16H2,1H3. The highest BCUT2D eigenvalue weighted by atomic mass is 19.4. The van der Waals surface area contributed by atoms with Gasteiger partial charge in [0.25, 0.3) is 0 Å². The van der Waals surface area contributed by atoms with Crippen LogP contribution in [0.15, 0.2) is 78.9 Å². The summed E-state index contributed by atoms with van der Waals surface area (Å²) in [4.78, 5) is 4.72. The zero-order valence-electron chi connectivity index (χ0n) is 16.9. The largest absolute Gasteiger partial charge is 0.497 e. The Bertz CT molecular complexity index is 1190. The molecule has 0 unspecified atom stereocenters. The molecule has 0 aliphatic rings.